The predicted molar refractivity (Wildman–Crippen MR) is 114 cm³/mol. The summed E-state index contributed by atoms with van der Waals surface area (Å²) in [6, 6.07) is 14.4. The van der Waals surface area contributed by atoms with E-state index >= 15 is 0 Å². The average Bonchev–Trinajstić information content (AvgIpc) is 2.78. The lowest BCUT2D eigenvalue weighted by Crippen LogP contribution is -2.09. The van der Waals surface area contributed by atoms with Crippen molar-refractivity contribution in [1.29, 1.82) is 0 Å². The van der Waals surface area contributed by atoms with Crippen LogP contribution in [0.15, 0.2) is 63.8 Å². The third-order valence-electron chi connectivity index (χ3n) is 4.93. The van der Waals surface area contributed by atoms with Gasteiger partial charge in [-0.05, 0) is 43.3 Å². The van der Waals surface area contributed by atoms with E-state index in [0.717, 1.165) is 0 Å². The topological polar surface area (TPSA) is 92.0 Å². The lowest BCUT2D eigenvalue weighted by atomic mass is 10.0. The van der Waals surface area contributed by atoms with E-state index in [9.17, 15) is 14.4 Å². The molecule has 0 aliphatic heterocycles. The summed E-state index contributed by atoms with van der Waals surface area (Å²) in [6.07, 6.45) is 0. The molecule has 0 radical (unpaired) electrons. The van der Waals surface area contributed by atoms with Crippen molar-refractivity contribution < 1.29 is 28.2 Å². The number of carbonyl (C=O) groups is 2. The van der Waals surface area contributed by atoms with Crippen LogP contribution >= 0.6 is 0 Å². The molecule has 0 atom stereocenters. The molecule has 1 heterocycles. The Hall–Kier alpha value is -4.13. The van der Waals surface area contributed by atoms with E-state index < -0.39 is 11.6 Å². The lowest BCUT2D eigenvalue weighted by molar-refractivity contribution is 0.0729. The fraction of sp³-hybridized carbons (Fsp3) is 0.125. The first-order valence-electron chi connectivity index (χ1n) is 9.37. The molecule has 0 N–H and O–H groups in total. The zero-order valence-electron chi connectivity index (χ0n) is 17.1. The number of Topliss-reactive ketones (excluding diaryl/α,β-unsaturated/α-hetero) is 1. The summed E-state index contributed by atoms with van der Waals surface area (Å²) in [6.45, 7) is 1.43. The smallest absolute Gasteiger partial charge is 0.344 e. The Labute approximate surface area is 176 Å². The molecule has 7 heteroatoms. The van der Waals surface area contributed by atoms with E-state index in [1.165, 1.54) is 33.3 Å². The molecule has 0 fully saturated rings. The van der Waals surface area contributed by atoms with E-state index in [1.807, 2.05) is 0 Å². The predicted octanol–water partition coefficient (Wildman–Crippen LogP) is 4.39. The molecule has 1 aromatic heterocycles. The molecule has 0 spiro atoms. The Kier molecular flexibility index (Phi) is 5.17. The number of fused-ring (bicyclic) bond motifs is 3. The number of hydrogen-bond donors (Lipinski definition) is 0. The number of benzene rings is 3. The average molecular weight is 418 g/mol. The monoisotopic (exact) mass is 418 g/mol. The van der Waals surface area contributed by atoms with Crippen LogP contribution in [0.2, 0.25) is 0 Å². The fourth-order valence-corrected chi connectivity index (χ4v) is 3.28. The van der Waals surface area contributed by atoms with Crippen molar-refractivity contribution in [3.8, 4) is 17.2 Å². The lowest BCUT2D eigenvalue weighted by Gasteiger charge is -2.12. The summed E-state index contributed by atoms with van der Waals surface area (Å²) in [5.41, 5.74) is 0.366. The van der Waals surface area contributed by atoms with Gasteiger partial charge < -0.3 is 18.6 Å². The summed E-state index contributed by atoms with van der Waals surface area (Å²) >= 11 is 0. The van der Waals surface area contributed by atoms with Gasteiger partial charge in [-0.15, -0.1) is 0 Å². The first-order chi connectivity index (χ1) is 14.9. The standard InChI is InChI=1S/C24H18O7/c1-13(25)15-6-9-17-18-11-21(29-3)22(12-20(18)30-24(27)19(17)10-15)31-23(26)14-4-7-16(28-2)8-5-14/h4-12H,1-3H3. The molecular formula is C24H18O7. The highest BCUT2D eigenvalue weighted by atomic mass is 16.6. The third-order valence-corrected chi connectivity index (χ3v) is 4.93. The molecule has 7 nitrogen and oxygen atoms in total. The first kappa shape index (κ1) is 20.2. The maximum atomic E-state index is 12.6. The van der Waals surface area contributed by atoms with Crippen LogP contribution in [0.3, 0.4) is 0 Å². The molecule has 0 amide bonds. The fourth-order valence-electron chi connectivity index (χ4n) is 3.28. The molecule has 4 rings (SSSR count). The second-order valence-electron chi connectivity index (χ2n) is 6.82. The summed E-state index contributed by atoms with van der Waals surface area (Å²) in [7, 11) is 2.98. The summed E-state index contributed by atoms with van der Waals surface area (Å²) in [5, 5.41) is 1.47. The van der Waals surface area contributed by atoms with E-state index in [1.54, 1.807) is 42.5 Å². The van der Waals surface area contributed by atoms with Crippen LogP contribution in [0.1, 0.15) is 27.6 Å². The number of carbonyl (C=O) groups excluding carboxylic acids is 2. The van der Waals surface area contributed by atoms with Crippen LogP contribution in [0.25, 0.3) is 21.7 Å². The molecule has 0 bridgehead atoms. The molecule has 0 saturated heterocycles. The second kappa shape index (κ2) is 7.95. The van der Waals surface area contributed by atoms with Crippen LogP contribution in [0.4, 0.5) is 0 Å². The second-order valence-corrected chi connectivity index (χ2v) is 6.82. The molecule has 0 unspecified atom stereocenters. The van der Waals surface area contributed by atoms with E-state index in [4.69, 9.17) is 18.6 Å². The molecular weight excluding hydrogens is 400 g/mol. The van der Waals surface area contributed by atoms with E-state index in [0.29, 0.717) is 33.4 Å². The van der Waals surface area contributed by atoms with Gasteiger partial charge in [0.2, 0.25) is 0 Å². The quantitative estimate of drug-likeness (QED) is 0.156. The summed E-state index contributed by atoms with van der Waals surface area (Å²) in [4.78, 5) is 36.7. The van der Waals surface area contributed by atoms with Gasteiger partial charge in [-0.1, -0.05) is 12.1 Å². The van der Waals surface area contributed by atoms with Crippen LogP contribution in [0, 0.1) is 0 Å². The molecule has 156 valence electrons. The van der Waals surface area contributed by atoms with Crippen molar-refractivity contribution in [2.75, 3.05) is 14.2 Å². The zero-order chi connectivity index (χ0) is 22.1. The van der Waals surface area contributed by atoms with Gasteiger partial charge in [0.25, 0.3) is 0 Å². The van der Waals surface area contributed by atoms with E-state index in [-0.39, 0.29) is 22.5 Å². The highest BCUT2D eigenvalue weighted by molar-refractivity contribution is 6.08. The van der Waals surface area contributed by atoms with Crippen LogP contribution in [0.5, 0.6) is 17.2 Å². The van der Waals surface area contributed by atoms with Gasteiger partial charge in [-0.3, -0.25) is 4.79 Å². The maximum Gasteiger partial charge on any atom is 0.344 e. The number of ether oxygens (including phenoxy) is 3. The Balaban J connectivity index is 1.80. The van der Waals surface area contributed by atoms with Gasteiger partial charge in [-0.25, -0.2) is 9.59 Å². The number of rotatable bonds is 5. The molecule has 4 aromatic rings. The largest absolute Gasteiger partial charge is 0.497 e. The number of methoxy groups -OCH3 is 2. The van der Waals surface area contributed by atoms with Crippen LogP contribution in [-0.4, -0.2) is 26.0 Å². The Morgan fingerprint density at radius 1 is 0.774 bits per heavy atom. The van der Waals surface area contributed by atoms with Crippen molar-refractivity contribution in [3.63, 3.8) is 0 Å². The molecule has 3 aromatic carbocycles. The highest BCUT2D eigenvalue weighted by Crippen LogP contribution is 2.35. The van der Waals surface area contributed by atoms with Gasteiger partial charge in [0, 0.05) is 22.4 Å². The van der Waals surface area contributed by atoms with Crippen molar-refractivity contribution in [1.82, 2.24) is 0 Å². The molecule has 0 saturated carbocycles. The molecule has 31 heavy (non-hydrogen) atoms. The van der Waals surface area contributed by atoms with Gasteiger partial charge >= 0.3 is 11.6 Å². The Morgan fingerprint density at radius 2 is 1.48 bits per heavy atom. The molecule has 0 aliphatic rings. The minimum absolute atomic E-state index is 0.110. The van der Waals surface area contributed by atoms with Crippen LogP contribution < -0.4 is 19.8 Å². The Bertz CT molecular complexity index is 1380. The molecule has 0 aliphatic carbocycles. The highest BCUT2D eigenvalue weighted by Gasteiger charge is 2.17. The van der Waals surface area contributed by atoms with Gasteiger partial charge in [-0.2, -0.15) is 0 Å². The number of ketones is 1. The van der Waals surface area contributed by atoms with Crippen molar-refractivity contribution >= 4 is 33.5 Å². The van der Waals surface area contributed by atoms with Crippen molar-refractivity contribution in [2.24, 2.45) is 0 Å². The van der Waals surface area contributed by atoms with Gasteiger partial charge in [0.15, 0.2) is 17.3 Å². The summed E-state index contributed by atoms with van der Waals surface area (Å²) in [5.74, 6) is 0.259. The third kappa shape index (κ3) is 3.73. The van der Waals surface area contributed by atoms with E-state index in [2.05, 4.69) is 0 Å². The normalized spacial score (nSPS) is 10.8. The van der Waals surface area contributed by atoms with Crippen LogP contribution in [-0.2, 0) is 0 Å². The van der Waals surface area contributed by atoms with Crippen molar-refractivity contribution in [2.45, 2.75) is 6.92 Å². The number of esters is 1. The van der Waals surface area contributed by atoms with Crippen molar-refractivity contribution in [3.05, 3.63) is 76.1 Å². The minimum Gasteiger partial charge on any atom is -0.497 e. The minimum atomic E-state index is -0.602. The van der Waals surface area contributed by atoms with Gasteiger partial charge in [0.05, 0.1) is 25.2 Å². The SMILES string of the molecule is COc1ccc(C(=O)Oc2cc3oc(=O)c4cc(C(C)=O)ccc4c3cc2OC)cc1. The number of hydrogen-bond acceptors (Lipinski definition) is 7. The zero-order valence-corrected chi connectivity index (χ0v) is 17.1. The Morgan fingerprint density at radius 3 is 2.13 bits per heavy atom. The van der Waals surface area contributed by atoms with Gasteiger partial charge in [0.1, 0.15) is 11.3 Å². The maximum absolute atomic E-state index is 12.6. The summed E-state index contributed by atoms with van der Waals surface area (Å²) < 4.78 is 21.4. The first-order valence-corrected chi connectivity index (χ1v) is 9.37.